The molecule has 0 radical (unpaired) electrons. The van der Waals surface area contributed by atoms with Crippen molar-refractivity contribution in [2.45, 2.75) is 13.5 Å². The van der Waals surface area contributed by atoms with E-state index in [1.54, 1.807) is 12.1 Å². The fourth-order valence-corrected chi connectivity index (χ4v) is 2.30. The quantitative estimate of drug-likeness (QED) is 0.875. The summed E-state index contributed by atoms with van der Waals surface area (Å²) in [6, 6.07) is 11.1. The molecule has 0 saturated carbocycles. The van der Waals surface area contributed by atoms with Gasteiger partial charge in [-0.3, -0.25) is 0 Å². The molecule has 0 atom stereocenters. The maximum absolute atomic E-state index is 5.89. The van der Waals surface area contributed by atoms with E-state index >= 15 is 0 Å². The molecule has 3 nitrogen and oxygen atoms in total. The molecule has 100 valence electrons. The van der Waals surface area contributed by atoms with Gasteiger partial charge in [0.05, 0.1) is 10.2 Å². The Morgan fingerprint density at radius 1 is 1.32 bits per heavy atom. The van der Waals surface area contributed by atoms with Crippen LogP contribution in [-0.2, 0) is 6.54 Å². The van der Waals surface area contributed by atoms with E-state index < -0.39 is 0 Å². The van der Waals surface area contributed by atoms with Crippen LogP contribution in [0.5, 0.6) is 11.6 Å². The molecule has 0 saturated heterocycles. The van der Waals surface area contributed by atoms with Crippen molar-refractivity contribution in [2.24, 2.45) is 0 Å². The van der Waals surface area contributed by atoms with Gasteiger partial charge in [0.15, 0.2) is 0 Å². The Balaban J connectivity index is 2.14. The fraction of sp³-hybridized carbons (Fsp3) is 0.214. The normalized spacial score (nSPS) is 10.5. The molecule has 5 heteroatoms. The summed E-state index contributed by atoms with van der Waals surface area (Å²) in [6.45, 7) is 3.70. The number of benzene rings is 1. The largest absolute Gasteiger partial charge is 0.438 e. The monoisotopic (exact) mass is 340 g/mol. The lowest BCUT2D eigenvalue weighted by Crippen LogP contribution is -2.12. The van der Waals surface area contributed by atoms with Crippen molar-refractivity contribution in [3.63, 3.8) is 0 Å². The molecular weight excluding hydrogens is 328 g/mol. The third kappa shape index (κ3) is 4.20. The minimum absolute atomic E-state index is 0.568. The average Bonchev–Trinajstić information content (AvgIpc) is 2.40. The van der Waals surface area contributed by atoms with Crippen molar-refractivity contribution < 1.29 is 4.74 Å². The SMILES string of the molecule is CCNCc1cccc(Oc2ccc(Cl)cc2Br)n1. The Labute approximate surface area is 126 Å². The number of nitrogens with zero attached hydrogens (tertiary/aromatic N) is 1. The number of pyridine rings is 1. The minimum Gasteiger partial charge on any atom is -0.438 e. The molecule has 1 aromatic heterocycles. The number of ether oxygens (including phenoxy) is 1. The molecule has 1 aromatic carbocycles. The van der Waals surface area contributed by atoms with Crippen LogP contribution in [0.3, 0.4) is 0 Å². The average molecular weight is 342 g/mol. The molecule has 0 amide bonds. The van der Waals surface area contributed by atoms with Crippen molar-refractivity contribution in [1.29, 1.82) is 0 Å². The molecule has 1 heterocycles. The molecule has 19 heavy (non-hydrogen) atoms. The topological polar surface area (TPSA) is 34.1 Å². The van der Waals surface area contributed by atoms with E-state index in [2.05, 4.69) is 33.2 Å². The smallest absolute Gasteiger partial charge is 0.219 e. The summed E-state index contributed by atoms with van der Waals surface area (Å²) in [7, 11) is 0. The summed E-state index contributed by atoms with van der Waals surface area (Å²) in [5, 5.41) is 3.89. The molecule has 2 rings (SSSR count). The van der Waals surface area contributed by atoms with E-state index in [-0.39, 0.29) is 0 Å². The van der Waals surface area contributed by atoms with Gasteiger partial charge in [-0.1, -0.05) is 24.6 Å². The van der Waals surface area contributed by atoms with Crippen molar-refractivity contribution in [3.05, 3.63) is 51.6 Å². The van der Waals surface area contributed by atoms with E-state index in [1.807, 2.05) is 24.3 Å². The molecule has 0 aliphatic rings. The second kappa shape index (κ2) is 6.89. The molecule has 2 aromatic rings. The lowest BCUT2D eigenvalue weighted by atomic mass is 10.3. The third-order valence-electron chi connectivity index (χ3n) is 2.45. The summed E-state index contributed by atoms with van der Waals surface area (Å²) < 4.78 is 6.54. The molecule has 0 spiro atoms. The van der Waals surface area contributed by atoms with E-state index in [0.29, 0.717) is 16.7 Å². The van der Waals surface area contributed by atoms with Crippen molar-refractivity contribution in [3.8, 4) is 11.6 Å². The predicted octanol–water partition coefficient (Wildman–Crippen LogP) is 4.40. The van der Waals surface area contributed by atoms with E-state index in [0.717, 1.165) is 23.3 Å². The first-order valence-corrected chi connectivity index (χ1v) is 7.15. The minimum atomic E-state index is 0.568. The van der Waals surface area contributed by atoms with Crippen LogP contribution >= 0.6 is 27.5 Å². The summed E-state index contributed by atoms with van der Waals surface area (Å²) in [4.78, 5) is 4.43. The lowest BCUT2D eigenvalue weighted by Gasteiger charge is -2.08. The van der Waals surface area contributed by atoms with Crippen LogP contribution in [0.1, 0.15) is 12.6 Å². The molecule has 0 aliphatic carbocycles. The highest BCUT2D eigenvalue weighted by molar-refractivity contribution is 9.10. The van der Waals surface area contributed by atoms with Crippen molar-refractivity contribution >= 4 is 27.5 Å². The van der Waals surface area contributed by atoms with Crippen molar-refractivity contribution in [2.75, 3.05) is 6.54 Å². The van der Waals surface area contributed by atoms with Gasteiger partial charge in [0.2, 0.25) is 5.88 Å². The van der Waals surface area contributed by atoms with Gasteiger partial charge in [-0.05, 0) is 46.7 Å². The van der Waals surface area contributed by atoms with Gasteiger partial charge >= 0.3 is 0 Å². The highest BCUT2D eigenvalue weighted by Gasteiger charge is 2.05. The van der Waals surface area contributed by atoms with Gasteiger partial charge in [0.25, 0.3) is 0 Å². The Morgan fingerprint density at radius 2 is 2.16 bits per heavy atom. The van der Waals surface area contributed by atoms with Crippen LogP contribution in [0.15, 0.2) is 40.9 Å². The molecule has 1 N–H and O–H groups in total. The first-order chi connectivity index (χ1) is 9.19. The molecule has 0 aliphatic heterocycles. The highest BCUT2D eigenvalue weighted by atomic mass is 79.9. The maximum atomic E-state index is 5.89. The second-order valence-corrected chi connectivity index (χ2v) is 5.22. The van der Waals surface area contributed by atoms with Crippen molar-refractivity contribution in [1.82, 2.24) is 10.3 Å². The third-order valence-corrected chi connectivity index (χ3v) is 3.30. The van der Waals surface area contributed by atoms with Gasteiger partial charge in [0, 0.05) is 17.6 Å². The molecular formula is C14H14BrClN2O. The van der Waals surface area contributed by atoms with Crippen LogP contribution < -0.4 is 10.1 Å². The predicted molar refractivity (Wildman–Crippen MR) is 80.8 cm³/mol. The molecule has 0 unspecified atom stereocenters. The van der Waals surface area contributed by atoms with Crippen LogP contribution in [0.4, 0.5) is 0 Å². The van der Waals surface area contributed by atoms with Gasteiger partial charge < -0.3 is 10.1 Å². The van der Waals surface area contributed by atoms with Crippen LogP contribution in [0.25, 0.3) is 0 Å². The van der Waals surface area contributed by atoms with Crippen LogP contribution in [0, 0.1) is 0 Å². The van der Waals surface area contributed by atoms with Gasteiger partial charge in [0.1, 0.15) is 5.75 Å². The summed E-state index contributed by atoms with van der Waals surface area (Å²) >= 11 is 9.31. The van der Waals surface area contributed by atoms with Crippen LogP contribution in [0.2, 0.25) is 5.02 Å². The zero-order valence-electron chi connectivity index (χ0n) is 10.5. The van der Waals surface area contributed by atoms with Crippen LogP contribution in [-0.4, -0.2) is 11.5 Å². The van der Waals surface area contributed by atoms with Gasteiger partial charge in [-0.2, -0.15) is 0 Å². The molecule has 0 bridgehead atoms. The number of nitrogens with one attached hydrogen (secondary N) is 1. The Kier molecular flexibility index (Phi) is 5.19. The zero-order chi connectivity index (χ0) is 13.7. The number of hydrogen-bond donors (Lipinski definition) is 1. The number of hydrogen-bond acceptors (Lipinski definition) is 3. The first kappa shape index (κ1) is 14.3. The Morgan fingerprint density at radius 3 is 2.89 bits per heavy atom. The van der Waals surface area contributed by atoms with Gasteiger partial charge in [-0.15, -0.1) is 0 Å². The summed E-state index contributed by atoms with van der Waals surface area (Å²) in [5.74, 6) is 1.26. The molecule has 0 fully saturated rings. The standard InChI is InChI=1S/C14H14BrClN2O/c1-2-17-9-11-4-3-5-14(18-11)19-13-7-6-10(16)8-12(13)15/h3-8,17H,2,9H2,1H3. The first-order valence-electron chi connectivity index (χ1n) is 5.98. The number of halogens is 2. The maximum Gasteiger partial charge on any atom is 0.219 e. The van der Waals surface area contributed by atoms with E-state index in [1.165, 1.54) is 0 Å². The second-order valence-electron chi connectivity index (χ2n) is 3.92. The summed E-state index contributed by atoms with van der Waals surface area (Å²) in [5.41, 5.74) is 0.949. The Bertz CT molecular complexity index is 563. The lowest BCUT2D eigenvalue weighted by molar-refractivity contribution is 0.457. The Hall–Kier alpha value is -1.10. The number of rotatable bonds is 5. The zero-order valence-corrected chi connectivity index (χ0v) is 12.8. The van der Waals surface area contributed by atoms with Gasteiger partial charge in [-0.25, -0.2) is 4.98 Å². The van der Waals surface area contributed by atoms with E-state index in [4.69, 9.17) is 16.3 Å². The number of aromatic nitrogens is 1. The fourth-order valence-electron chi connectivity index (χ4n) is 1.54. The summed E-state index contributed by atoms with van der Waals surface area (Å²) in [6.07, 6.45) is 0. The van der Waals surface area contributed by atoms with E-state index in [9.17, 15) is 0 Å². The highest BCUT2D eigenvalue weighted by Crippen LogP contribution is 2.31.